The lowest BCUT2D eigenvalue weighted by atomic mass is 9.91. The van der Waals surface area contributed by atoms with Gasteiger partial charge in [-0.2, -0.15) is 4.31 Å². The normalized spacial score (nSPS) is 22.3. The molecule has 3 heterocycles. The summed E-state index contributed by atoms with van der Waals surface area (Å²) in [5.74, 6) is -0.881. The van der Waals surface area contributed by atoms with Gasteiger partial charge in [0.2, 0.25) is 5.91 Å². The fraction of sp³-hybridized carbons (Fsp3) is 0.381. The Morgan fingerprint density at radius 1 is 1.09 bits per heavy atom. The number of aryl methyl sites for hydroxylation is 1. The number of nitrogens with zero attached hydrogens (tertiary/aromatic N) is 3. The quantitative estimate of drug-likeness (QED) is 0.656. The lowest BCUT2D eigenvalue weighted by molar-refractivity contribution is -0.139. The van der Waals surface area contributed by atoms with Crippen molar-refractivity contribution in [1.29, 1.82) is 0 Å². The number of carbonyl (C=O) groups is 3. The number of sulfonamides is 1. The van der Waals surface area contributed by atoms with Gasteiger partial charge in [0.05, 0.1) is 0 Å². The molecule has 2 aromatic rings. The lowest BCUT2D eigenvalue weighted by Gasteiger charge is -2.34. The van der Waals surface area contributed by atoms with Crippen LogP contribution in [0.15, 0.2) is 46.0 Å². The molecule has 4 amide bonds. The van der Waals surface area contributed by atoms with E-state index in [1.807, 2.05) is 19.1 Å². The number of hydrogen-bond donors (Lipinski definition) is 1. The summed E-state index contributed by atoms with van der Waals surface area (Å²) in [4.78, 5) is 40.8. The second kappa shape index (κ2) is 8.30. The zero-order valence-electron chi connectivity index (χ0n) is 17.8. The van der Waals surface area contributed by atoms with Gasteiger partial charge >= 0.3 is 6.03 Å². The highest BCUT2D eigenvalue weighted by Crippen LogP contribution is 2.29. The SMILES string of the molecule is Cc1ccc([C@@]2(C)NC(=O)N(CC(=O)N3CCN(S(=O)(=O)c4cccs4)CC3)C2=O)cc1. The van der Waals surface area contributed by atoms with Crippen LogP contribution in [-0.4, -0.2) is 73.1 Å². The zero-order valence-corrected chi connectivity index (χ0v) is 19.4. The fourth-order valence-electron chi connectivity index (χ4n) is 3.87. The van der Waals surface area contributed by atoms with Crippen LogP contribution in [0, 0.1) is 6.92 Å². The molecule has 2 aliphatic heterocycles. The van der Waals surface area contributed by atoms with Gasteiger partial charge in [-0.25, -0.2) is 13.2 Å². The second-order valence-electron chi connectivity index (χ2n) is 8.03. The van der Waals surface area contributed by atoms with Crippen LogP contribution in [-0.2, 0) is 25.2 Å². The monoisotopic (exact) mass is 476 g/mol. The molecule has 0 radical (unpaired) electrons. The van der Waals surface area contributed by atoms with Gasteiger partial charge in [0.25, 0.3) is 15.9 Å². The molecule has 9 nitrogen and oxygen atoms in total. The van der Waals surface area contributed by atoms with Crippen LogP contribution in [0.2, 0.25) is 0 Å². The summed E-state index contributed by atoms with van der Waals surface area (Å²) in [6.07, 6.45) is 0. The predicted molar refractivity (Wildman–Crippen MR) is 118 cm³/mol. The molecule has 32 heavy (non-hydrogen) atoms. The van der Waals surface area contributed by atoms with E-state index in [-0.39, 0.29) is 36.9 Å². The summed E-state index contributed by atoms with van der Waals surface area (Å²) in [6.45, 7) is 3.88. The van der Waals surface area contributed by atoms with E-state index in [2.05, 4.69) is 5.32 Å². The van der Waals surface area contributed by atoms with Gasteiger partial charge in [0.15, 0.2) is 0 Å². The minimum atomic E-state index is -3.57. The van der Waals surface area contributed by atoms with Crippen molar-refractivity contribution in [1.82, 2.24) is 19.4 Å². The molecule has 2 aliphatic rings. The first-order chi connectivity index (χ1) is 15.1. The smallest absolute Gasteiger partial charge is 0.325 e. The number of imide groups is 1. The molecule has 0 bridgehead atoms. The first-order valence-electron chi connectivity index (χ1n) is 10.2. The minimum Gasteiger partial charge on any atom is -0.338 e. The Morgan fingerprint density at radius 3 is 2.34 bits per heavy atom. The van der Waals surface area contributed by atoms with Crippen LogP contribution in [0.4, 0.5) is 4.79 Å². The van der Waals surface area contributed by atoms with E-state index >= 15 is 0 Å². The zero-order chi connectivity index (χ0) is 23.1. The number of benzene rings is 1. The van der Waals surface area contributed by atoms with Gasteiger partial charge < -0.3 is 10.2 Å². The van der Waals surface area contributed by atoms with Crippen molar-refractivity contribution in [2.75, 3.05) is 32.7 Å². The van der Waals surface area contributed by atoms with Crippen LogP contribution < -0.4 is 5.32 Å². The van der Waals surface area contributed by atoms with E-state index in [0.717, 1.165) is 21.8 Å². The molecule has 1 aromatic carbocycles. The molecule has 170 valence electrons. The topological polar surface area (TPSA) is 107 Å². The van der Waals surface area contributed by atoms with Crippen molar-refractivity contribution < 1.29 is 22.8 Å². The summed E-state index contributed by atoms with van der Waals surface area (Å²) in [5, 5.41) is 4.40. The summed E-state index contributed by atoms with van der Waals surface area (Å²) in [5.41, 5.74) is 0.434. The Balaban J connectivity index is 1.40. The van der Waals surface area contributed by atoms with Gasteiger partial charge in [0, 0.05) is 26.2 Å². The van der Waals surface area contributed by atoms with Crippen LogP contribution in [0.1, 0.15) is 18.1 Å². The summed E-state index contributed by atoms with van der Waals surface area (Å²) in [6, 6.07) is 9.90. The molecule has 1 atom stereocenters. The molecule has 1 N–H and O–H groups in total. The Hall–Kier alpha value is -2.76. The van der Waals surface area contributed by atoms with E-state index in [4.69, 9.17) is 0 Å². The molecule has 1 aromatic heterocycles. The summed E-state index contributed by atoms with van der Waals surface area (Å²) in [7, 11) is -3.57. The van der Waals surface area contributed by atoms with E-state index in [0.29, 0.717) is 5.56 Å². The first-order valence-corrected chi connectivity index (χ1v) is 12.5. The third-order valence-electron chi connectivity index (χ3n) is 5.88. The number of urea groups is 1. The minimum absolute atomic E-state index is 0.160. The Kier molecular flexibility index (Phi) is 5.82. The maximum absolute atomic E-state index is 13.0. The first kappa shape index (κ1) is 22.4. The van der Waals surface area contributed by atoms with Crippen molar-refractivity contribution in [2.45, 2.75) is 23.6 Å². The summed E-state index contributed by atoms with van der Waals surface area (Å²) < 4.78 is 26.9. The third kappa shape index (κ3) is 3.91. The highest BCUT2D eigenvalue weighted by atomic mass is 32.2. The highest BCUT2D eigenvalue weighted by molar-refractivity contribution is 7.91. The van der Waals surface area contributed by atoms with Gasteiger partial charge in [-0.3, -0.25) is 14.5 Å². The number of rotatable bonds is 5. The van der Waals surface area contributed by atoms with Crippen molar-refractivity contribution in [2.24, 2.45) is 0 Å². The van der Waals surface area contributed by atoms with Gasteiger partial charge in [-0.1, -0.05) is 35.9 Å². The maximum atomic E-state index is 13.0. The number of amides is 4. The van der Waals surface area contributed by atoms with E-state index < -0.39 is 33.4 Å². The molecule has 2 fully saturated rings. The van der Waals surface area contributed by atoms with E-state index in [1.54, 1.807) is 36.6 Å². The van der Waals surface area contributed by atoms with Gasteiger partial charge in [0.1, 0.15) is 16.3 Å². The van der Waals surface area contributed by atoms with E-state index in [1.165, 1.54) is 9.21 Å². The number of hydrogen-bond acceptors (Lipinski definition) is 6. The van der Waals surface area contributed by atoms with Crippen LogP contribution in [0.25, 0.3) is 0 Å². The van der Waals surface area contributed by atoms with Gasteiger partial charge in [-0.05, 0) is 30.9 Å². The third-order valence-corrected chi connectivity index (χ3v) is 9.15. The molecule has 0 aliphatic carbocycles. The Bertz CT molecular complexity index is 1140. The average Bonchev–Trinajstić information content (AvgIpc) is 3.39. The van der Waals surface area contributed by atoms with Crippen molar-refractivity contribution >= 4 is 39.2 Å². The molecular weight excluding hydrogens is 452 g/mol. The van der Waals surface area contributed by atoms with Crippen LogP contribution in [0.3, 0.4) is 0 Å². The van der Waals surface area contributed by atoms with Crippen molar-refractivity contribution in [3.8, 4) is 0 Å². The largest absolute Gasteiger partial charge is 0.338 e. The fourth-order valence-corrected chi connectivity index (χ4v) is 6.44. The average molecular weight is 477 g/mol. The molecule has 4 rings (SSSR count). The van der Waals surface area contributed by atoms with Crippen molar-refractivity contribution in [3.05, 3.63) is 52.9 Å². The molecule has 11 heteroatoms. The number of carbonyl (C=O) groups excluding carboxylic acids is 3. The Morgan fingerprint density at radius 2 is 1.75 bits per heavy atom. The van der Waals surface area contributed by atoms with Crippen molar-refractivity contribution in [3.63, 3.8) is 0 Å². The van der Waals surface area contributed by atoms with Gasteiger partial charge in [-0.15, -0.1) is 11.3 Å². The summed E-state index contributed by atoms with van der Waals surface area (Å²) >= 11 is 1.15. The molecule has 0 spiro atoms. The number of thiophene rings is 1. The number of nitrogens with one attached hydrogen (secondary N) is 1. The maximum Gasteiger partial charge on any atom is 0.325 e. The Labute approximate surface area is 190 Å². The standard InChI is InChI=1S/C21H24N4O5S2/c1-15-5-7-16(8-6-15)21(2)19(27)25(20(28)22-21)14-17(26)23-9-11-24(12-10-23)32(29,30)18-4-3-13-31-18/h3-8,13H,9-12,14H2,1-2H3,(H,22,28)/t21-/m1/s1. The highest BCUT2D eigenvalue weighted by Gasteiger charge is 2.49. The van der Waals surface area contributed by atoms with E-state index in [9.17, 15) is 22.8 Å². The second-order valence-corrected chi connectivity index (χ2v) is 11.1. The number of piperazine rings is 1. The van der Waals surface area contributed by atoms with Crippen LogP contribution in [0.5, 0.6) is 0 Å². The lowest BCUT2D eigenvalue weighted by Crippen LogP contribution is -2.53. The molecule has 0 saturated carbocycles. The van der Waals surface area contributed by atoms with Crippen LogP contribution >= 0.6 is 11.3 Å². The molecular formula is C21H24N4O5S2. The predicted octanol–water partition coefficient (Wildman–Crippen LogP) is 1.36. The molecule has 2 saturated heterocycles. The molecule has 0 unspecified atom stereocenters.